The minimum atomic E-state index is -0.642. The molecular weight excluding hydrogens is 491 g/mol. The SMILES string of the molecule is O=C(NC1CCCCC1)[C@@H](Cc1ccccc1)N(Cc1ccc(Cl)cc1)C(=O)Cc1cccc(Cl)c1. The third-order valence-corrected chi connectivity index (χ3v) is 7.22. The quantitative estimate of drug-likeness (QED) is 0.343. The Morgan fingerprint density at radius 1 is 0.806 bits per heavy atom. The fourth-order valence-corrected chi connectivity index (χ4v) is 5.15. The van der Waals surface area contributed by atoms with Gasteiger partial charge in [0, 0.05) is 29.1 Å². The average molecular weight is 524 g/mol. The first kappa shape index (κ1) is 26.2. The molecular formula is C30H32Cl2N2O2. The smallest absolute Gasteiger partial charge is 0.243 e. The molecule has 1 saturated carbocycles. The van der Waals surface area contributed by atoms with Crippen LogP contribution >= 0.6 is 23.2 Å². The van der Waals surface area contributed by atoms with E-state index in [1.807, 2.05) is 66.7 Å². The summed E-state index contributed by atoms with van der Waals surface area (Å²) in [5.41, 5.74) is 2.75. The second-order valence-corrected chi connectivity index (χ2v) is 10.4. The maximum atomic E-state index is 13.8. The number of carbonyl (C=O) groups excluding carboxylic acids is 2. The predicted octanol–water partition coefficient (Wildman–Crippen LogP) is 6.62. The van der Waals surface area contributed by atoms with E-state index in [1.165, 1.54) is 6.42 Å². The summed E-state index contributed by atoms with van der Waals surface area (Å²) in [4.78, 5) is 29.3. The summed E-state index contributed by atoms with van der Waals surface area (Å²) in [6.07, 6.45) is 6.02. The number of nitrogens with one attached hydrogen (secondary N) is 1. The van der Waals surface area contributed by atoms with Crippen LogP contribution in [0.5, 0.6) is 0 Å². The highest BCUT2D eigenvalue weighted by molar-refractivity contribution is 6.30. The lowest BCUT2D eigenvalue weighted by Crippen LogP contribution is -2.53. The van der Waals surface area contributed by atoms with Crippen molar-refractivity contribution in [1.82, 2.24) is 10.2 Å². The van der Waals surface area contributed by atoms with Crippen LogP contribution in [0.4, 0.5) is 0 Å². The molecule has 0 aromatic heterocycles. The van der Waals surface area contributed by atoms with Crippen LogP contribution in [0.2, 0.25) is 10.0 Å². The van der Waals surface area contributed by atoms with Crippen molar-refractivity contribution in [1.29, 1.82) is 0 Å². The minimum absolute atomic E-state index is 0.0980. The van der Waals surface area contributed by atoms with E-state index in [0.29, 0.717) is 23.0 Å². The molecule has 0 saturated heterocycles. The molecule has 0 heterocycles. The van der Waals surface area contributed by atoms with E-state index < -0.39 is 6.04 Å². The molecule has 0 aliphatic heterocycles. The summed E-state index contributed by atoms with van der Waals surface area (Å²) >= 11 is 12.3. The van der Waals surface area contributed by atoms with Gasteiger partial charge >= 0.3 is 0 Å². The molecule has 36 heavy (non-hydrogen) atoms. The highest BCUT2D eigenvalue weighted by atomic mass is 35.5. The van der Waals surface area contributed by atoms with Crippen LogP contribution in [0.3, 0.4) is 0 Å². The molecule has 1 N–H and O–H groups in total. The zero-order chi connectivity index (χ0) is 25.3. The summed E-state index contributed by atoms with van der Waals surface area (Å²) in [5, 5.41) is 4.48. The normalized spacial score (nSPS) is 14.7. The van der Waals surface area contributed by atoms with Crippen molar-refractivity contribution in [2.75, 3.05) is 0 Å². The Balaban J connectivity index is 1.65. The zero-order valence-corrected chi connectivity index (χ0v) is 21.8. The van der Waals surface area contributed by atoms with E-state index in [1.54, 1.807) is 17.0 Å². The van der Waals surface area contributed by atoms with Gasteiger partial charge in [-0.3, -0.25) is 9.59 Å². The molecule has 3 aromatic rings. The molecule has 0 unspecified atom stereocenters. The number of hydrogen-bond acceptors (Lipinski definition) is 2. The van der Waals surface area contributed by atoms with E-state index in [0.717, 1.165) is 42.4 Å². The van der Waals surface area contributed by atoms with Gasteiger partial charge in [0.1, 0.15) is 6.04 Å². The average Bonchev–Trinajstić information content (AvgIpc) is 2.88. The lowest BCUT2D eigenvalue weighted by molar-refractivity contribution is -0.141. The second kappa shape index (κ2) is 12.9. The number of rotatable bonds is 9. The standard InChI is InChI=1S/C30H32Cl2N2O2/c31-25-16-14-23(15-17-25)21-34(29(35)20-24-10-7-11-26(32)18-24)28(19-22-8-3-1-4-9-22)30(36)33-27-12-5-2-6-13-27/h1,3-4,7-11,14-18,27-28H,2,5-6,12-13,19-21H2,(H,33,36)/t28-/m1/s1. The highest BCUT2D eigenvalue weighted by Crippen LogP contribution is 2.21. The van der Waals surface area contributed by atoms with Gasteiger partial charge < -0.3 is 10.2 Å². The molecule has 0 bridgehead atoms. The maximum absolute atomic E-state index is 13.8. The Kier molecular flexibility index (Phi) is 9.43. The molecule has 0 spiro atoms. The summed E-state index contributed by atoms with van der Waals surface area (Å²) in [7, 11) is 0. The first-order valence-electron chi connectivity index (χ1n) is 12.6. The fourth-order valence-electron chi connectivity index (χ4n) is 4.81. The van der Waals surface area contributed by atoms with E-state index in [-0.39, 0.29) is 24.3 Å². The summed E-state index contributed by atoms with van der Waals surface area (Å²) in [6, 6.07) is 24.1. The highest BCUT2D eigenvalue weighted by Gasteiger charge is 2.32. The van der Waals surface area contributed by atoms with Crippen molar-refractivity contribution in [3.63, 3.8) is 0 Å². The monoisotopic (exact) mass is 522 g/mol. The Morgan fingerprint density at radius 2 is 1.50 bits per heavy atom. The van der Waals surface area contributed by atoms with Crippen LogP contribution in [0, 0.1) is 0 Å². The van der Waals surface area contributed by atoms with Crippen molar-refractivity contribution in [3.05, 3.63) is 106 Å². The molecule has 1 fully saturated rings. The van der Waals surface area contributed by atoms with Gasteiger partial charge in [-0.2, -0.15) is 0 Å². The van der Waals surface area contributed by atoms with E-state index in [4.69, 9.17) is 23.2 Å². The van der Waals surface area contributed by atoms with Crippen LogP contribution in [-0.2, 0) is 29.0 Å². The second-order valence-electron chi connectivity index (χ2n) is 9.50. The Hall–Kier alpha value is -2.82. The predicted molar refractivity (Wildman–Crippen MR) is 146 cm³/mol. The Bertz CT molecular complexity index is 1150. The van der Waals surface area contributed by atoms with Crippen LogP contribution < -0.4 is 5.32 Å². The summed E-state index contributed by atoms with van der Waals surface area (Å²) in [6.45, 7) is 0.312. The van der Waals surface area contributed by atoms with Crippen molar-refractivity contribution in [2.24, 2.45) is 0 Å². The zero-order valence-electron chi connectivity index (χ0n) is 20.3. The van der Waals surface area contributed by atoms with Gasteiger partial charge in [0.05, 0.1) is 6.42 Å². The number of halogens is 2. The van der Waals surface area contributed by atoms with Gasteiger partial charge in [0.25, 0.3) is 0 Å². The third kappa shape index (κ3) is 7.59. The molecule has 0 radical (unpaired) electrons. The first-order valence-corrected chi connectivity index (χ1v) is 13.4. The van der Waals surface area contributed by atoms with Gasteiger partial charge in [-0.25, -0.2) is 0 Å². The van der Waals surface area contributed by atoms with Gasteiger partial charge in [-0.05, 0) is 53.8 Å². The van der Waals surface area contributed by atoms with E-state index >= 15 is 0 Å². The third-order valence-electron chi connectivity index (χ3n) is 6.73. The number of hydrogen-bond donors (Lipinski definition) is 1. The molecule has 1 aliphatic carbocycles. The number of amides is 2. The number of benzene rings is 3. The molecule has 1 aliphatic rings. The van der Waals surface area contributed by atoms with Gasteiger partial charge in [-0.1, -0.05) is 97.1 Å². The van der Waals surface area contributed by atoms with Crippen molar-refractivity contribution < 1.29 is 9.59 Å². The van der Waals surface area contributed by atoms with Crippen molar-refractivity contribution >= 4 is 35.0 Å². The Morgan fingerprint density at radius 3 is 2.19 bits per heavy atom. The molecule has 188 valence electrons. The lowest BCUT2D eigenvalue weighted by Gasteiger charge is -2.33. The van der Waals surface area contributed by atoms with Gasteiger partial charge in [0.15, 0.2) is 0 Å². The van der Waals surface area contributed by atoms with Crippen LogP contribution in [0.15, 0.2) is 78.9 Å². The molecule has 6 heteroatoms. The molecule has 1 atom stereocenters. The van der Waals surface area contributed by atoms with Crippen LogP contribution in [0.25, 0.3) is 0 Å². The van der Waals surface area contributed by atoms with E-state index in [9.17, 15) is 9.59 Å². The lowest BCUT2D eigenvalue weighted by atomic mass is 9.94. The molecule has 3 aromatic carbocycles. The van der Waals surface area contributed by atoms with Crippen molar-refractivity contribution in [3.8, 4) is 0 Å². The van der Waals surface area contributed by atoms with Gasteiger partial charge in [0.2, 0.25) is 11.8 Å². The molecule has 4 nitrogen and oxygen atoms in total. The topological polar surface area (TPSA) is 49.4 Å². The Labute approximate surface area is 223 Å². The fraction of sp³-hybridized carbons (Fsp3) is 0.333. The van der Waals surface area contributed by atoms with Crippen LogP contribution in [-0.4, -0.2) is 28.8 Å². The summed E-state index contributed by atoms with van der Waals surface area (Å²) < 4.78 is 0. The largest absolute Gasteiger partial charge is 0.352 e. The van der Waals surface area contributed by atoms with E-state index in [2.05, 4.69) is 5.32 Å². The summed E-state index contributed by atoms with van der Waals surface area (Å²) in [5.74, 6) is -0.217. The number of nitrogens with zero attached hydrogens (tertiary/aromatic N) is 1. The molecule has 2 amide bonds. The number of carbonyl (C=O) groups is 2. The minimum Gasteiger partial charge on any atom is -0.352 e. The van der Waals surface area contributed by atoms with Gasteiger partial charge in [-0.15, -0.1) is 0 Å². The molecule has 4 rings (SSSR count). The van der Waals surface area contributed by atoms with Crippen LogP contribution in [0.1, 0.15) is 48.8 Å². The first-order chi connectivity index (χ1) is 17.5. The maximum Gasteiger partial charge on any atom is 0.243 e. The van der Waals surface area contributed by atoms with Crippen molar-refractivity contribution in [2.45, 2.75) is 63.6 Å².